The van der Waals surface area contributed by atoms with Crippen molar-refractivity contribution < 1.29 is 24.6 Å². The maximum atomic E-state index is 11.0. The molecule has 26 heavy (non-hydrogen) atoms. The van der Waals surface area contributed by atoms with Gasteiger partial charge in [0.2, 0.25) is 5.91 Å². The SMILES string of the molecule is CC.CC.CC(=O)C1CCC(O)N1C.CC(=O)C1CCC(O)N1C(C)=O. The van der Waals surface area contributed by atoms with Gasteiger partial charge >= 0.3 is 0 Å². The molecule has 2 aliphatic heterocycles. The Labute approximate surface area is 158 Å². The molecule has 2 aliphatic rings. The molecule has 0 radical (unpaired) electrons. The van der Waals surface area contributed by atoms with E-state index in [1.165, 1.54) is 18.7 Å². The number of ketones is 2. The average molecular weight is 375 g/mol. The minimum Gasteiger partial charge on any atom is -0.378 e. The summed E-state index contributed by atoms with van der Waals surface area (Å²) in [7, 11) is 1.78. The summed E-state index contributed by atoms with van der Waals surface area (Å²) in [5.41, 5.74) is 0. The van der Waals surface area contributed by atoms with E-state index in [0.717, 1.165) is 12.8 Å². The standard InChI is InChI=1S/C8H13NO3.C7H13NO2.2C2H6/c1-5(10)7-3-4-8(12)9(7)6(2)11;1-5(9)6-3-4-7(10)8(6)2;2*1-2/h7-8,12H,3-4H2,1-2H3;6-7,10H,3-4H2,1-2H3;2*1-2H3. The maximum Gasteiger partial charge on any atom is 0.222 e. The Hall–Kier alpha value is -1.31. The number of carbonyl (C=O) groups is 3. The van der Waals surface area contributed by atoms with Crippen molar-refractivity contribution in [3.05, 3.63) is 0 Å². The predicted molar refractivity (Wildman–Crippen MR) is 102 cm³/mol. The van der Waals surface area contributed by atoms with Crippen LogP contribution < -0.4 is 0 Å². The third-order valence-corrected chi connectivity index (χ3v) is 4.32. The number of hydrogen-bond donors (Lipinski definition) is 2. The van der Waals surface area contributed by atoms with Crippen LogP contribution in [0.5, 0.6) is 0 Å². The Morgan fingerprint density at radius 3 is 1.35 bits per heavy atom. The molecule has 4 unspecified atom stereocenters. The molecule has 7 nitrogen and oxygen atoms in total. The lowest BCUT2D eigenvalue weighted by molar-refractivity contribution is -0.143. The van der Waals surface area contributed by atoms with E-state index in [-0.39, 0.29) is 23.5 Å². The van der Waals surface area contributed by atoms with Crippen LogP contribution in [0.25, 0.3) is 0 Å². The van der Waals surface area contributed by atoms with Crippen molar-refractivity contribution in [2.24, 2.45) is 0 Å². The Kier molecular flexibility index (Phi) is 14.3. The zero-order chi connectivity index (χ0) is 21.0. The molecule has 0 spiro atoms. The van der Waals surface area contributed by atoms with Gasteiger partial charge in [-0.05, 0) is 46.6 Å². The van der Waals surface area contributed by atoms with Gasteiger partial charge in [-0.15, -0.1) is 0 Å². The first-order valence-corrected chi connectivity index (χ1v) is 9.54. The van der Waals surface area contributed by atoms with E-state index >= 15 is 0 Å². The van der Waals surface area contributed by atoms with E-state index in [0.29, 0.717) is 12.8 Å². The Morgan fingerprint density at radius 2 is 1.12 bits per heavy atom. The summed E-state index contributed by atoms with van der Waals surface area (Å²) >= 11 is 0. The molecule has 4 atom stereocenters. The topological polar surface area (TPSA) is 98.2 Å². The van der Waals surface area contributed by atoms with E-state index < -0.39 is 18.5 Å². The second kappa shape index (κ2) is 13.8. The van der Waals surface area contributed by atoms with E-state index in [4.69, 9.17) is 0 Å². The fourth-order valence-electron chi connectivity index (χ4n) is 3.03. The lowest BCUT2D eigenvalue weighted by Gasteiger charge is -2.24. The molecule has 2 heterocycles. The maximum absolute atomic E-state index is 11.0. The van der Waals surface area contributed by atoms with E-state index in [2.05, 4.69) is 0 Å². The van der Waals surface area contributed by atoms with Crippen LogP contribution in [0.3, 0.4) is 0 Å². The van der Waals surface area contributed by atoms with Gasteiger partial charge in [-0.1, -0.05) is 27.7 Å². The molecular weight excluding hydrogens is 336 g/mol. The zero-order valence-electron chi connectivity index (χ0n) is 17.7. The molecule has 0 aromatic rings. The van der Waals surface area contributed by atoms with Crippen molar-refractivity contribution in [3.63, 3.8) is 0 Å². The number of hydrogen-bond acceptors (Lipinski definition) is 6. The lowest BCUT2D eigenvalue weighted by Crippen LogP contribution is -2.42. The van der Waals surface area contributed by atoms with Gasteiger partial charge in [-0.2, -0.15) is 0 Å². The Bertz CT molecular complexity index is 442. The zero-order valence-corrected chi connectivity index (χ0v) is 17.7. The minimum absolute atomic E-state index is 0.0463. The number of likely N-dealkylation sites (N-methyl/N-ethyl adjacent to an activating group) is 1. The van der Waals surface area contributed by atoms with Gasteiger partial charge in [0.25, 0.3) is 0 Å². The van der Waals surface area contributed by atoms with Gasteiger partial charge in [0.05, 0.1) is 12.1 Å². The molecule has 0 bridgehead atoms. The molecule has 0 aliphatic carbocycles. The normalized spacial score (nSPS) is 27.2. The fourth-order valence-corrected chi connectivity index (χ4v) is 3.03. The molecule has 0 aromatic heterocycles. The summed E-state index contributed by atoms with van der Waals surface area (Å²) in [6.45, 7) is 12.4. The van der Waals surface area contributed by atoms with Gasteiger partial charge in [0, 0.05) is 6.92 Å². The van der Waals surface area contributed by atoms with Crippen molar-refractivity contribution in [1.82, 2.24) is 9.80 Å². The quantitative estimate of drug-likeness (QED) is 0.766. The van der Waals surface area contributed by atoms with Crippen LogP contribution in [0.2, 0.25) is 0 Å². The molecule has 1 amide bonds. The van der Waals surface area contributed by atoms with Crippen LogP contribution in [-0.4, -0.2) is 69.1 Å². The summed E-state index contributed by atoms with van der Waals surface area (Å²) in [4.78, 5) is 35.8. The number of aliphatic hydroxyl groups excluding tert-OH is 2. The van der Waals surface area contributed by atoms with Gasteiger partial charge in [0.15, 0.2) is 5.78 Å². The second-order valence-electron chi connectivity index (χ2n) is 5.96. The smallest absolute Gasteiger partial charge is 0.222 e. The number of carbonyl (C=O) groups excluding carboxylic acids is 3. The van der Waals surface area contributed by atoms with Crippen LogP contribution in [0, 0.1) is 0 Å². The first-order valence-electron chi connectivity index (χ1n) is 9.54. The number of rotatable bonds is 2. The number of nitrogens with zero attached hydrogens (tertiary/aromatic N) is 2. The highest BCUT2D eigenvalue weighted by molar-refractivity contribution is 5.87. The highest BCUT2D eigenvalue weighted by Gasteiger charge is 2.36. The van der Waals surface area contributed by atoms with Crippen molar-refractivity contribution in [3.8, 4) is 0 Å². The van der Waals surface area contributed by atoms with Crippen LogP contribution in [0.1, 0.15) is 74.1 Å². The molecule has 2 fully saturated rings. The monoisotopic (exact) mass is 374 g/mol. The van der Waals surface area contributed by atoms with Gasteiger partial charge in [-0.3, -0.25) is 19.3 Å². The minimum atomic E-state index is -0.767. The molecule has 7 heteroatoms. The first-order chi connectivity index (χ1) is 12.2. The van der Waals surface area contributed by atoms with Crippen LogP contribution in [0.4, 0.5) is 0 Å². The van der Waals surface area contributed by atoms with Gasteiger partial charge < -0.3 is 15.1 Å². The molecular formula is C19H38N2O5. The highest BCUT2D eigenvalue weighted by atomic mass is 16.3. The summed E-state index contributed by atoms with van der Waals surface area (Å²) in [5.74, 6) is -0.138. The summed E-state index contributed by atoms with van der Waals surface area (Å²) in [5, 5.41) is 18.5. The number of likely N-dealkylation sites (tertiary alicyclic amines) is 2. The third kappa shape index (κ3) is 7.93. The number of aliphatic hydroxyl groups is 2. The van der Waals surface area contributed by atoms with Crippen LogP contribution >= 0.6 is 0 Å². The van der Waals surface area contributed by atoms with Crippen LogP contribution in [0.15, 0.2) is 0 Å². The number of Topliss-reactive ketones (excluding diaryl/α,β-unsaturated/α-hetero) is 2. The molecule has 2 N–H and O–H groups in total. The lowest BCUT2D eigenvalue weighted by atomic mass is 10.1. The molecule has 0 saturated carbocycles. The predicted octanol–water partition coefficient (Wildman–Crippen LogP) is 1.95. The van der Waals surface area contributed by atoms with E-state index in [1.807, 2.05) is 27.7 Å². The molecule has 0 aromatic carbocycles. The highest BCUT2D eigenvalue weighted by Crippen LogP contribution is 2.23. The van der Waals surface area contributed by atoms with E-state index in [9.17, 15) is 24.6 Å². The van der Waals surface area contributed by atoms with Gasteiger partial charge in [0.1, 0.15) is 18.2 Å². The third-order valence-electron chi connectivity index (χ3n) is 4.32. The Morgan fingerprint density at radius 1 is 0.731 bits per heavy atom. The number of amides is 1. The van der Waals surface area contributed by atoms with Crippen molar-refractivity contribution in [2.75, 3.05) is 7.05 Å². The summed E-state index contributed by atoms with van der Waals surface area (Å²) in [6.07, 6.45) is 1.43. The first kappa shape index (κ1) is 26.9. The van der Waals surface area contributed by atoms with Crippen molar-refractivity contribution in [2.45, 2.75) is 98.7 Å². The van der Waals surface area contributed by atoms with Gasteiger partial charge in [-0.25, -0.2) is 0 Å². The van der Waals surface area contributed by atoms with Crippen molar-refractivity contribution >= 4 is 17.5 Å². The second-order valence-corrected chi connectivity index (χ2v) is 5.96. The largest absolute Gasteiger partial charge is 0.378 e. The summed E-state index contributed by atoms with van der Waals surface area (Å²) < 4.78 is 0. The van der Waals surface area contributed by atoms with Crippen LogP contribution in [-0.2, 0) is 14.4 Å². The van der Waals surface area contributed by atoms with Crippen molar-refractivity contribution in [1.29, 1.82) is 0 Å². The molecule has 2 rings (SSSR count). The fraction of sp³-hybridized carbons (Fsp3) is 0.842. The summed E-state index contributed by atoms with van der Waals surface area (Å²) in [6, 6.07) is -0.451. The van der Waals surface area contributed by atoms with E-state index in [1.54, 1.807) is 18.9 Å². The average Bonchev–Trinajstić information content (AvgIpc) is 3.15. The molecule has 154 valence electrons. The Balaban J connectivity index is 0. The molecule has 2 saturated heterocycles.